The van der Waals surface area contributed by atoms with Crippen molar-refractivity contribution in [2.75, 3.05) is 0 Å². The fourth-order valence-electron chi connectivity index (χ4n) is 1.11. The van der Waals surface area contributed by atoms with Crippen LogP contribution >= 0.6 is 22.9 Å². The fourth-order valence-corrected chi connectivity index (χ4v) is 1.91. The van der Waals surface area contributed by atoms with Gasteiger partial charge in [0.15, 0.2) is 0 Å². The van der Waals surface area contributed by atoms with Gasteiger partial charge in [-0.3, -0.25) is 0 Å². The third-order valence-corrected chi connectivity index (χ3v) is 2.92. The van der Waals surface area contributed by atoms with Crippen molar-refractivity contribution in [3.8, 4) is 16.6 Å². The monoisotopic (exact) mass is 220 g/mol. The second kappa shape index (κ2) is 3.79. The number of thiazole rings is 1. The normalized spacial score (nSPS) is 9.71. The lowest BCUT2D eigenvalue weighted by molar-refractivity contribution is 1.41. The molecular weight excluding hydrogens is 216 g/mol. The van der Waals surface area contributed by atoms with Crippen LogP contribution in [0.5, 0.6) is 0 Å². The number of nitrogens with zero attached hydrogens (tertiary/aromatic N) is 2. The molecule has 0 amide bonds. The van der Waals surface area contributed by atoms with Crippen LogP contribution in [0.1, 0.15) is 5.56 Å². The number of nitriles is 1. The van der Waals surface area contributed by atoms with Crippen LogP contribution in [-0.4, -0.2) is 4.98 Å². The Hall–Kier alpha value is -1.37. The first kappa shape index (κ1) is 9.20. The largest absolute Gasteiger partial charge is 0.245 e. The van der Waals surface area contributed by atoms with Crippen LogP contribution in [0.15, 0.2) is 29.8 Å². The molecule has 0 saturated heterocycles. The maximum absolute atomic E-state index is 8.79. The summed E-state index contributed by atoms with van der Waals surface area (Å²) in [4.78, 5) is 4.16. The molecule has 0 spiro atoms. The molecule has 0 unspecified atom stereocenters. The van der Waals surface area contributed by atoms with Crippen LogP contribution in [0.25, 0.3) is 10.6 Å². The van der Waals surface area contributed by atoms with Gasteiger partial charge in [0.1, 0.15) is 11.1 Å². The summed E-state index contributed by atoms with van der Waals surface area (Å²) in [5, 5.41) is 12.1. The predicted octanol–water partition coefficient (Wildman–Crippen LogP) is 3.34. The minimum Gasteiger partial charge on any atom is -0.245 e. The Bertz CT molecular complexity index is 485. The maximum atomic E-state index is 8.79. The van der Waals surface area contributed by atoms with Gasteiger partial charge < -0.3 is 0 Å². The van der Waals surface area contributed by atoms with Gasteiger partial charge in [0.25, 0.3) is 0 Å². The van der Waals surface area contributed by atoms with E-state index < -0.39 is 0 Å². The minimum absolute atomic E-state index is 0.479. The molecule has 0 aliphatic rings. The molecule has 0 fully saturated rings. The molecule has 4 heteroatoms. The first-order valence-corrected chi connectivity index (χ1v) is 5.16. The third kappa shape index (κ3) is 1.63. The quantitative estimate of drug-likeness (QED) is 0.739. The molecule has 0 radical (unpaired) electrons. The van der Waals surface area contributed by atoms with Crippen molar-refractivity contribution in [2.24, 2.45) is 0 Å². The van der Waals surface area contributed by atoms with Crippen LogP contribution in [-0.2, 0) is 0 Å². The first-order valence-electron chi connectivity index (χ1n) is 3.91. The Kier molecular flexibility index (Phi) is 2.49. The van der Waals surface area contributed by atoms with Crippen molar-refractivity contribution in [2.45, 2.75) is 0 Å². The van der Waals surface area contributed by atoms with E-state index in [1.807, 2.05) is 17.5 Å². The number of benzene rings is 1. The van der Waals surface area contributed by atoms with Crippen LogP contribution in [0.3, 0.4) is 0 Å². The summed E-state index contributed by atoms with van der Waals surface area (Å²) in [5.41, 5.74) is 1.42. The van der Waals surface area contributed by atoms with Gasteiger partial charge in [-0.15, -0.1) is 11.3 Å². The molecule has 0 N–H and O–H groups in total. The van der Waals surface area contributed by atoms with E-state index in [9.17, 15) is 0 Å². The molecule has 1 aromatic carbocycles. The maximum Gasteiger partial charge on any atom is 0.123 e. The summed E-state index contributed by atoms with van der Waals surface area (Å²) in [6, 6.07) is 7.38. The number of halogens is 1. The average molecular weight is 221 g/mol. The summed E-state index contributed by atoms with van der Waals surface area (Å²) >= 11 is 7.36. The van der Waals surface area contributed by atoms with E-state index in [1.54, 1.807) is 18.3 Å². The molecule has 14 heavy (non-hydrogen) atoms. The van der Waals surface area contributed by atoms with E-state index in [-0.39, 0.29) is 0 Å². The highest BCUT2D eigenvalue weighted by molar-refractivity contribution is 7.13. The molecule has 0 aliphatic carbocycles. The van der Waals surface area contributed by atoms with Crippen LogP contribution < -0.4 is 0 Å². The first-order chi connectivity index (χ1) is 6.81. The van der Waals surface area contributed by atoms with Crippen molar-refractivity contribution in [3.05, 3.63) is 40.4 Å². The Morgan fingerprint density at radius 3 is 2.93 bits per heavy atom. The number of rotatable bonds is 1. The zero-order valence-corrected chi connectivity index (χ0v) is 8.64. The van der Waals surface area contributed by atoms with Crippen molar-refractivity contribution in [1.29, 1.82) is 5.26 Å². The van der Waals surface area contributed by atoms with Crippen LogP contribution in [0.4, 0.5) is 0 Å². The molecule has 68 valence electrons. The second-order valence-corrected chi connectivity index (χ2v) is 3.95. The molecule has 2 aromatic rings. The molecule has 0 bridgehead atoms. The summed E-state index contributed by atoms with van der Waals surface area (Å²) in [6.45, 7) is 0. The lowest BCUT2D eigenvalue weighted by Gasteiger charge is -1.98. The van der Waals surface area contributed by atoms with Gasteiger partial charge in [0.05, 0.1) is 10.6 Å². The van der Waals surface area contributed by atoms with Gasteiger partial charge in [0.2, 0.25) is 0 Å². The third-order valence-electron chi connectivity index (χ3n) is 1.77. The number of hydrogen-bond donors (Lipinski definition) is 0. The molecule has 1 heterocycles. The van der Waals surface area contributed by atoms with Crippen molar-refractivity contribution < 1.29 is 0 Å². The fraction of sp³-hybridized carbons (Fsp3) is 0. The smallest absolute Gasteiger partial charge is 0.123 e. The van der Waals surface area contributed by atoms with Crippen molar-refractivity contribution in [3.63, 3.8) is 0 Å². The van der Waals surface area contributed by atoms with E-state index in [2.05, 4.69) is 4.98 Å². The standard InChI is InChI=1S/C10H5ClN2S/c11-9-2-1-7(5-8(9)6-12)10-13-3-4-14-10/h1-5H. The van der Waals surface area contributed by atoms with E-state index in [0.29, 0.717) is 10.6 Å². The van der Waals surface area contributed by atoms with E-state index in [0.717, 1.165) is 10.6 Å². The van der Waals surface area contributed by atoms with Gasteiger partial charge in [-0.1, -0.05) is 17.7 Å². The summed E-state index contributed by atoms with van der Waals surface area (Å²) in [7, 11) is 0. The van der Waals surface area contributed by atoms with Crippen LogP contribution in [0.2, 0.25) is 5.02 Å². The molecule has 2 nitrogen and oxygen atoms in total. The van der Waals surface area contributed by atoms with Gasteiger partial charge in [0, 0.05) is 17.1 Å². The Morgan fingerprint density at radius 2 is 2.29 bits per heavy atom. The van der Waals surface area contributed by atoms with Gasteiger partial charge >= 0.3 is 0 Å². The van der Waals surface area contributed by atoms with E-state index >= 15 is 0 Å². The van der Waals surface area contributed by atoms with E-state index in [1.165, 1.54) is 11.3 Å². The molecule has 0 atom stereocenters. The lowest BCUT2D eigenvalue weighted by atomic mass is 10.1. The van der Waals surface area contributed by atoms with Gasteiger partial charge in [-0.2, -0.15) is 5.26 Å². The molecule has 2 rings (SSSR count). The highest BCUT2D eigenvalue weighted by Crippen LogP contribution is 2.25. The number of hydrogen-bond acceptors (Lipinski definition) is 3. The summed E-state index contributed by atoms with van der Waals surface area (Å²) < 4.78 is 0. The highest BCUT2D eigenvalue weighted by atomic mass is 35.5. The topological polar surface area (TPSA) is 36.7 Å². The molecular formula is C10H5ClN2S. The Labute approximate surface area is 90.4 Å². The van der Waals surface area contributed by atoms with Gasteiger partial charge in [-0.05, 0) is 12.1 Å². The molecule has 1 aromatic heterocycles. The molecule has 0 saturated carbocycles. The SMILES string of the molecule is N#Cc1cc(-c2nccs2)ccc1Cl. The van der Waals surface area contributed by atoms with Crippen molar-refractivity contribution in [1.82, 2.24) is 4.98 Å². The zero-order valence-electron chi connectivity index (χ0n) is 7.07. The highest BCUT2D eigenvalue weighted by Gasteiger charge is 2.04. The summed E-state index contributed by atoms with van der Waals surface area (Å²) in [6.07, 6.45) is 1.74. The lowest BCUT2D eigenvalue weighted by Crippen LogP contribution is -1.80. The molecule has 0 aliphatic heterocycles. The Morgan fingerprint density at radius 1 is 1.43 bits per heavy atom. The average Bonchev–Trinajstić information content (AvgIpc) is 2.71. The van der Waals surface area contributed by atoms with Gasteiger partial charge in [-0.25, -0.2) is 4.98 Å². The summed E-state index contributed by atoms with van der Waals surface area (Å²) in [5.74, 6) is 0. The number of aromatic nitrogens is 1. The van der Waals surface area contributed by atoms with Crippen molar-refractivity contribution >= 4 is 22.9 Å². The van der Waals surface area contributed by atoms with Crippen LogP contribution in [0, 0.1) is 11.3 Å². The second-order valence-electron chi connectivity index (χ2n) is 2.64. The minimum atomic E-state index is 0.479. The van der Waals surface area contributed by atoms with E-state index in [4.69, 9.17) is 16.9 Å². The zero-order chi connectivity index (χ0) is 9.97. The predicted molar refractivity (Wildman–Crippen MR) is 57.3 cm³/mol. The Balaban J connectivity index is 2.53.